The van der Waals surface area contributed by atoms with E-state index in [2.05, 4.69) is 10.1 Å². The van der Waals surface area contributed by atoms with Gasteiger partial charge in [-0.25, -0.2) is 4.39 Å². The van der Waals surface area contributed by atoms with Gasteiger partial charge in [0.15, 0.2) is 5.78 Å². The number of nitrogens with zero attached hydrogens (tertiary/aromatic N) is 3. The first-order valence-corrected chi connectivity index (χ1v) is 7.40. The summed E-state index contributed by atoms with van der Waals surface area (Å²) in [5.41, 5.74) is 1.03. The molecule has 0 amide bonds. The van der Waals surface area contributed by atoms with Gasteiger partial charge in [-0.1, -0.05) is 19.3 Å². The van der Waals surface area contributed by atoms with Crippen LogP contribution >= 0.6 is 0 Å². The number of pyridine rings is 1. The summed E-state index contributed by atoms with van der Waals surface area (Å²) in [6, 6.07) is 3.55. The van der Waals surface area contributed by atoms with Crippen molar-refractivity contribution in [2.75, 3.05) is 0 Å². The molecule has 2 aromatic heterocycles. The van der Waals surface area contributed by atoms with Gasteiger partial charge in [0.2, 0.25) is 0 Å². The number of hydrogen-bond acceptors (Lipinski definition) is 3. The summed E-state index contributed by atoms with van der Waals surface area (Å²) in [4.78, 5) is 15.8. The maximum Gasteiger partial charge on any atom is 0.170 e. The van der Waals surface area contributed by atoms with Gasteiger partial charge < -0.3 is 0 Å². The molecular formula is C16H18FN3O. The predicted molar refractivity (Wildman–Crippen MR) is 76.6 cm³/mol. The fourth-order valence-corrected chi connectivity index (χ4v) is 2.85. The Labute approximate surface area is 123 Å². The number of rotatable bonds is 4. The van der Waals surface area contributed by atoms with Crippen molar-refractivity contribution in [1.29, 1.82) is 0 Å². The number of halogens is 1. The minimum absolute atomic E-state index is 0.157. The molecule has 1 fully saturated rings. The Kier molecular flexibility index (Phi) is 4.08. The quantitative estimate of drug-likeness (QED) is 0.810. The molecule has 110 valence electrons. The second-order valence-corrected chi connectivity index (χ2v) is 5.57. The van der Waals surface area contributed by atoms with Gasteiger partial charge in [0, 0.05) is 18.0 Å². The summed E-state index contributed by atoms with van der Waals surface area (Å²) < 4.78 is 15.1. The number of ketones is 1. The van der Waals surface area contributed by atoms with Crippen LogP contribution in [0.4, 0.5) is 4.39 Å². The van der Waals surface area contributed by atoms with Gasteiger partial charge in [0.05, 0.1) is 24.4 Å². The minimum atomic E-state index is -0.492. The molecule has 1 aliphatic carbocycles. The van der Waals surface area contributed by atoms with Crippen LogP contribution in [0.5, 0.6) is 0 Å². The van der Waals surface area contributed by atoms with E-state index in [1.807, 2.05) is 16.9 Å². The van der Waals surface area contributed by atoms with Crippen LogP contribution in [0.15, 0.2) is 30.7 Å². The van der Waals surface area contributed by atoms with Crippen molar-refractivity contribution in [2.45, 2.75) is 44.6 Å². The van der Waals surface area contributed by atoms with Crippen LogP contribution in [-0.2, 0) is 6.42 Å². The lowest BCUT2D eigenvalue weighted by molar-refractivity contribution is 0.0990. The molecule has 0 aliphatic heterocycles. The van der Waals surface area contributed by atoms with Gasteiger partial charge in [-0.2, -0.15) is 5.10 Å². The van der Waals surface area contributed by atoms with E-state index in [1.165, 1.54) is 31.5 Å². The van der Waals surface area contributed by atoms with Crippen molar-refractivity contribution >= 4 is 5.78 Å². The lowest BCUT2D eigenvalue weighted by Gasteiger charge is -2.21. The van der Waals surface area contributed by atoms with Crippen LogP contribution in [-0.4, -0.2) is 20.5 Å². The zero-order valence-corrected chi connectivity index (χ0v) is 11.8. The smallest absolute Gasteiger partial charge is 0.170 e. The fourth-order valence-electron chi connectivity index (χ4n) is 2.85. The highest BCUT2D eigenvalue weighted by Crippen LogP contribution is 2.27. The average molecular weight is 287 g/mol. The Morgan fingerprint density at radius 3 is 2.86 bits per heavy atom. The molecule has 0 N–H and O–H groups in total. The number of aromatic nitrogens is 3. The van der Waals surface area contributed by atoms with Gasteiger partial charge >= 0.3 is 0 Å². The van der Waals surface area contributed by atoms with Crippen LogP contribution < -0.4 is 0 Å². The van der Waals surface area contributed by atoms with Crippen LogP contribution in [0.1, 0.15) is 54.2 Å². The third-order valence-electron chi connectivity index (χ3n) is 3.98. The molecule has 2 aromatic rings. The van der Waals surface area contributed by atoms with Gasteiger partial charge in [-0.15, -0.1) is 0 Å². The first-order valence-electron chi connectivity index (χ1n) is 7.40. The summed E-state index contributed by atoms with van der Waals surface area (Å²) in [5.74, 6) is -0.649. The van der Waals surface area contributed by atoms with Crippen molar-refractivity contribution < 1.29 is 9.18 Å². The van der Waals surface area contributed by atoms with E-state index in [0.717, 1.165) is 24.7 Å². The van der Waals surface area contributed by atoms with Crippen LogP contribution in [0, 0.1) is 5.82 Å². The predicted octanol–water partition coefficient (Wildman–Crippen LogP) is 3.35. The Morgan fingerprint density at radius 2 is 2.10 bits per heavy atom. The standard InChI is InChI=1S/C16H18FN3O/c17-13-8-12(10-18-11-13)16(21)9-14-6-7-20(19-14)15-4-2-1-3-5-15/h6-8,10-11,15H,1-5,9H2. The van der Waals surface area contributed by atoms with Crippen molar-refractivity contribution in [1.82, 2.24) is 14.8 Å². The number of carbonyl (C=O) groups is 1. The Balaban J connectivity index is 1.68. The Hall–Kier alpha value is -2.04. The first-order chi connectivity index (χ1) is 10.2. The van der Waals surface area contributed by atoms with Crippen LogP contribution in [0.2, 0.25) is 0 Å². The molecule has 0 unspecified atom stereocenters. The molecule has 0 radical (unpaired) electrons. The first kappa shape index (κ1) is 13.9. The molecular weight excluding hydrogens is 269 g/mol. The fraction of sp³-hybridized carbons (Fsp3) is 0.438. The lowest BCUT2D eigenvalue weighted by Crippen LogP contribution is -2.14. The zero-order valence-electron chi connectivity index (χ0n) is 11.8. The van der Waals surface area contributed by atoms with Gasteiger partial charge in [0.25, 0.3) is 0 Å². The largest absolute Gasteiger partial charge is 0.294 e. The minimum Gasteiger partial charge on any atom is -0.294 e. The molecule has 0 saturated heterocycles. The van der Waals surface area contributed by atoms with Crippen molar-refractivity contribution in [3.63, 3.8) is 0 Å². The highest BCUT2D eigenvalue weighted by Gasteiger charge is 2.17. The summed E-state index contributed by atoms with van der Waals surface area (Å²) in [6.45, 7) is 0. The number of carbonyl (C=O) groups excluding carboxylic acids is 1. The van der Waals surface area contributed by atoms with E-state index >= 15 is 0 Å². The van der Waals surface area contributed by atoms with E-state index in [-0.39, 0.29) is 12.2 Å². The van der Waals surface area contributed by atoms with Crippen LogP contribution in [0.3, 0.4) is 0 Å². The van der Waals surface area contributed by atoms with Crippen LogP contribution in [0.25, 0.3) is 0 Å². The van der Waals surface area contributed by atoms with Crippen molar-refractivity contribution in [2.24, 2.45) is 0 Å². The topological polar surface area (TPSA) is 47.8 Å². The van der Waals surface area contributed by atoms with Crippen molar-refractivity contribution in [3.8, 4) is 0 Å². The van der Waals surface area contributed by atoms with E-state index < -0.39 is 5.82 Å². The van der Waals surface area contributed by atoms with E-state index in [9.17, 15) is 9.18 Å². The molecule has 2 heterocycles. The molecule has 1 aliphatic rings. The second-order valence-electron chi connectivity index (χ2n) is 5.57. The van der Waals surface area contributed by atoms with Crippen molar-refractivity contribution in [3.05, 3.63) is 47.8 Å². The zero-order chi connectivity index (χ0) is 14.7. The average Bonchev–Trinajstić information content (AvgIpc) is 2.97. The van der Waals surface area contributed by atoms with Gasteiger partial charge in [0.1, 0.15) is 5.82 Å². The highest BCUT2D eigenvalue weighted by atomic mass is 19.1. The summed E-state index contributed by atoms with van der Waals surface area (Å²) >= 11 is 0. The molecule has 1 saturated carbocycles. The SMILES string of the molecule is O=C(Cc1ccn(C2CCCCC2)n1)c1cncc(F)c1. The third kappa shape index (κ3) is 3.35. The third-order valence-corrected chi connectivity index (χ3v) is 3.98. The summed E-state index contributed by atoms with van der Waals surface area (Å²) in [7, 11) is 0. The number of hydrogen-bond donors (Lipinski definition) is 0. The normalized spacial score (nSPS) is 16.0. The van der Waals surface area contributed by atoms with E-state index in [4.69, 9.17) is 0 Å². The van der Waals surface area contributed by atoms with E-state index in [0.29, 0.717) is 11.6 Å². The molecule has 21 heavy (non-hydrogen) atoms. The summed E-state index contributed by atoms with van der Waals surface area (Å²) in [6.07, 6.45) is 10.7. The lowest BCUT2D eigenvalue weighted by atomic mass is 9.96. The molecule has 0 aromatic carbocycles. The number of Topliss-reactive ketones (excluding diaryl/α,β-unsaturated/α-hetero) is 1. The Morgan fingerprint density at radius 1 is 1.29 bits per heavy atom. The maximum atomic E-state index is 13.1. The molecule has 3 rings (SSSR count). The summed E-state index contributed by atoms with van der Waals surface area (Å²) in [5, 5.41) is 4.50. The molecule has 0 bridgehead atoms. The highest BCUT2D eigenvalue weighted by molar-refractivity contribution is 5.96. The van der Waals surface area contributed by atoms with Gasteiger partial charge in [-0.05, 0) is 25.0 Å². The molecule has 5 heteroatoms. The molecule has 0 spiro atoms. The molecule has 0 atom stereocenters. The monoisotopic (exact) mass is 287 g/mol. The Bertz CT molecular complexity index is 632. The second kappa shape index (κ2) is 6.16. The van der Waals surface area contributed by atoms with E-state index in [1.54, 1.807) is 0 Å². The molecule has 4 nitrogen and oxygen atoms in total. The maximum absolute atomic E-state index is 13.1. The van der Waals surface area contributed by atoms with Gasteiger partial charge in [-0.3, -0.25) is 14.5 Å².